The van der Waals surface area contributed by atoms with E-state index in [-0.39, 0.29) is 0 Å². The van der Waals surface area contributed by atoms with Crippen LogP contribution in [0.3, 0.4) is 0 Å². The highest BCUT2D eigenvalue weighted by molar-refractivity contribution is 7.99. The summed E-state index contributed by atoms with van der Waals surface area (Å²) in [6.45, 7) is 6.55. The Labute approximate surface area is 126 Å². The Kier molecular flexibility index (Phi) is 5.66. The van der Waals surface area contributed by atoms with E-state index in [0.29, 0.717) is 5.92 Å². The quantitative estimate of drug-likeness (QED) is 0.673. The fourth-order valence-corrected chi connectivity index (χ4v) is 2.96. The van der Waals surface area contributed by atoms with Crippen LogP contribution in [0.1, 0.15) is 43.0 Å². The van der Waals surface area contributed by atoms with Crippen LogP contribution in [0.5, 0.6) is 0 Å². The number of aryl methyl sites for hydroxylation is 2. The first-order valence-corrected chi connectivity index (χ1v) is 8.32. The molecule has 0 aliphatic heterocycles. The minimum atomic E-state index is 0.660. The van der Waals surface area contributed by atoms with Crippen molar-refractivity contribution in [3.05, 3.63) is 59.4 Å². The first-order valence-electron chi connectivity index (χ1n) is 7.33. The van der Waals surface area contributed by atoms with Gasteiger partial charge < -0.3 is 0 Å². The van der Waals surface area contributed by atoms with Gasteiger partial charge in [-0.25, -0.2) is 0 Å². The summed E-state index contributed by atoms with van der Waals surface area (Å²) in [6.07, 6.45) is 4.26. The maximum Gasteiger partial charge on any atom is 0.0372 e. The average Bonchev–Trinajstić information content (AvgIpc) is 2.49. The molecule has 0 bridgehead atoms. The van der Waals surface area contributed by atoms with Crippen LogP contribution in [-0.2, 0) is 6.42 Å². The first kappa shape index (κ1) is 15.1. The Morgan fingerprint density at radius 3 is 2.45 bits per heavy atom. The summed E-state index contributed by atoms with van der Waals surface area (Å²) in [4.78, 5) is 5.69. The van der Waals surface area contributed by atoms with Gasteiger partial charge in [0.05, 0.1) is 0 Å². The van der Waals surface area contributed by atoms with E-state index in [2.05, 4.69) is 55.2 Å². The number of nitrogens with zero attached hydrogens (tertiary/aromatic N) is 1. The fourth-order valence-electron chi connectivity index (χ4n) is 2.06. The summed E-state index contributed by atoms with van der Waals surface area (Å²) in [5, 5.41) is 0. The number of hydrogen-bond donors (Lipinski definition) is 0. The van der Waals surface area contributed by atoms with E-state index in [4.69, 9.17) is 0 Å². The molecule has 0 fully saturated rings. The van der Waals surface area contributed by atoms with Crippen molar-refractivity contribution in [3.63, 3.8) is 0 Å². The summed E-state index contributed by atoms with van der Waals surface area (Å²) in [5.41, 5.74) is 3.85. The number of aromatic nitrogens is 1. The fraction of sp³-hybridized carbons (Fsp3) is 0.389. The molecule has 0 N–H and O–H groups in total. The maximum absolute atomic E-state index is 4.34. The standard InChI is InChI=1S/C18H23NS/c1-4-14(2)17-7-9-18(10-8-17)20-12-11-16-6-5-15(3)19-13-16/h5-10,13-14H,4,11-12H2,1-3H3/t14-/m1/s1. The third kappa shape index (κ3) is 4.38. The lowest BCUT2D eigenvalue weighted by Crippen LogP contribution is -1.92. The van der Waals surface area contributed by atoms with Gasteiger partial charge in [0, 0.05) is 22.5 Å². The number of rotatable bonds is 6. The molecule has 0 radical (unpaired) electrons. The van der Waals surface area contributed by atoms with E-state index in [1.54, 1.807) is 0 Å². The van der Waals surface area contributed by atoms with Crippen molar-refractivity contribution in [2.45, 2.75) is 44.4 Å². The van der Waals surface area contributed by atoms with E-state index in [1.807, 2.05) is 24.9 Å². The van der Waals surface area contributed by atoms with Gasteiger partial charge in [0.15, 0.2) is 0 Å². The largest absolute Gasteiger partial charge is 0.261 e. The molecule has 1 heterocycles. The number of pyridine rings is 1. The molecule has 0 spiro atoms. The van der Waals surface area contributed by atoms with Crippen LogP contribution in [0.15, 0.2) is 47.5 Å². The van der Waals surface area contributed by atoms with E-state index < -0.39 is 0 Å². The molecule has 0 aliphatic carbocycles. The third-order valence-corrected chi connectivity index (χ3v) is 4.71. The highest BCUT2D eigenvalue weighted by Crippen LogP contribution is 2.24. The van der Waals surface area contributed by atoms with Gasteiger partial charge in [0.2, 0.25) is 0 Å². The van der Waals surface area contributed by atoms with E-state index in [9.17, 15) is 0 Å². The molecule has 1 atom stereocenters. The second-order valence-corrected chi connectivity index (χ2v) is 6.45. The number of hydrogen-bond acceptors (Lipinski definition) is 2. The molecule has 0 saturated carbocycles. The van der Waals surface area contributed by atoms with Gasteiger partial charge >= 0.3 is 0 Å². The molecule has 2 heteroatoms. The molecule has 106 valence electrons. The highest BCUT2D eigenvalue weighted by atomic mass is 32.2. The summed E-state index contributed by atoms with van der Waals surface area (Å²) in [5.74, 6) is 1.76. The van der Waals surface area contributed by atoms with Crippen LogP contribution in [0.4, 0.5) is 0 Å². The van der Waals surface area contributed by atoms with Crippen LogP contribution in [0.2, 0.25) is 0 Å². The lowest BCUT2D eigenvalue weighted by atomic mass is 9.99. The topological polar surface area (TPSA) is 12.9 Å². The summed E-state index contributed by atoms with van der Waals surface area (Å²) < 4.78 is 0. The molecule has 0 unspecified atom stereocenters. The molecule has 1 aromatic heterocycles. The molecule has 0 aliphatic rings. The molecule has 0 amide bonds. The van der Waals surface area contributed by atoms with Crippen molar-refractivity contribution in [3.8, 4) is 0 Å². The van der Waals surface area contributed by atoms with Gasteiger partial charge in [-0.2, -0.15) is 0 Å². The molecule has 2 rings (SSSR count). The predicted octanol–water partition coefficient (Wildman–Crippen LogP) is 5.24. The Morgan fingerprint density at radius 1 is 1.10 bits per heavy atom. The summed E-state index contributed by atoms with van der Waals surface area (Å²) in [7, 11) is 0. The van der Waals surface area contributed by atoms with Crippen molar-refractivity contribution >= 4 is 11.8 Å². The van der Waals surface area contributed by atoms with Crippen molar-refractivity contribution in [1.29, 1.82) is 0 Å². The Hall–Kier alpha value is -1.28. The second-order valence-electron chi connectivity index (χ2n) is 5.28. The van der Waals surface area contributed by atoms with Crippen LogP contribution in [0.25, 0.3) is 0 Å². The number of benzene rings is 1. The smallest absolute Gasteiger partial charge is 0.0372 e. The Morgan fingerprint density at radius 2 is 1.85 bits per heavy atom. The lowest BCUT2D eigenvalue weighted by molar-refractivity contribution is 0.733. The molecule has 0 saturated heterocycles. The molecular weight excluding hydrogens is 262 g/mol. The third-order valence-electron chi connectivity index (χ3n) is 3.69. The zero-order valence-electron chi connectivity index (χ0n) is 12.6. The minimum absolute atomic E-state index is 0.660. The van der Waals surface area contributed by atoms with Gasteiger partial charge in [-0.05, 0) is 55.0 Å². The molecule has 20 heavy (non-hydrogen) atoms. The van der Waals surface area contributed by atoms with Gasteiger partial charge in [0.25, 0.3) is 0 Å². The minimum Gasteiger partial charge on any atom is -0.261 e. The molecular formula is C18H23NS. The SMILES string of the molecule is CC[C@@H](C)c1ccc(SCCc2ccc(C)nc2)cc1. The molecule has 2 aromatic rings. The van der Waals surface area contributed by atoms with Gasteiger partial charge in [-0.3, -0.25) is 4.98 Å². The van der Waals surface area contributed by atoms with Crippen molar-refractivity contribution < 1.29 is 0 Å². The predicted molar refractivity (Wildman–Crippen MR) is 88.6 cm³/mol. The first-order chi connectivity index (χ1) is 9.69. The van der Waals surface area contributed by atoms with Gasteiger partial charge in [-0.1, -0.05) is 32.0 Å². The molecule has 1 aromatic carbocycles. The normalized spacial score (nSPS) is 12.3. The zero-order valence-corrected chi connectivity index (χ0v) is 13.4. The van der Waals surface area contributed by atoms with E-state index >= 15 is 0 Å². The summed E-state index contributed by atoms with van der Waals surface area (Å²) in [6, 6.07) is 13.3. The zero-order chi connectivity index (χ0) is 14.4. The second kappa shape index (κ2) is 7.49. The lowest BCUT2D eigenvalue weighted by Gasteiger charge is -2.09. The monoisotopic (exact) mass is 285 g/mol. The van der Waals surface area contributed by atoms with E-state index in [0.717, 1.165) is 17.9 Å². The van der Waals surface area contributed by atoms with Crippen molar-refractivity contribution in [1.82, 2.24) is 4.98 Å². The maximum atomic E-state index is 4.34. The van der Waals surface area contributed by atoms with E-state index in [1.165, 1.54) is 22.4 Å². The van der Waals surface area contributed by atoms with Crippen LogP contribution < -0.4 is 0 Å². The number of thioether (sulfide) groups is 1. The Bertz CT molecular complexity index is 516. The van der Waals surface area contributed by atoms with Gasteiger partial charge in [0.1, 0.15) is 0 Å². The average molecular weight is 285 g/mol. The van der Waals surface area contributed by atoms with Crippen molar-refractivity contribution in [2.75, 3.05) is 5.75 Å². The molecule has 1 nitrogen and oxygen atoms in total. The summed E-state index contributed by atoms with van der Waals surface area (Å²) >= 11 is 1.92. The van der Waals surface area contributed by atoms with Crippen LogP contribution >= 0.6 is 11.8 Å². The highest BCUT2D eigenvalue weighted by Gasteiger charge is 2.02. The van der Waals surface area contributed by atoms with Crippen LogP contribution in [0, 0.1) is 6.92 Å². The Balaban J connectivity index is 1.83. The van der Waals surface area contributed by atoms with Crippen LogP contribution in [-0.4, -0.2) is 10.7 Å². The van der Waals surface area contributed by atoms with Crippen molar-refractivity contribution in [2.24, 2.45) is 0 Å². The van der Waals surface area contributed by atoms with Gasteiger partial charge in [-0.15, -0.1) is 11.8 Å².